The molecule has 1 unspecified atom stereocenters. The SMILES string of the molecule is CC(C)CCCCCCCCCC(=O)NCC(=O)[C@H](CC(N)=O)[C@H](CCCN=C(N)N)NC[C@H](O)[C@H](NC(=O)[C@@H](N)CO)C(=O)N[C@H](C(=O)N[C@@H](CCC(O)CN)C(=O)O)C(C)C. The molecule has 22 nitrogen and oxygen atoms in total. The van der Waals surface area contributed by atoms with Crippen molar-refractivity contribution in [1.82, 2.24) is 26.6 Å². The maximum absolute atomic E-state index is 13.8. The van der Waals surface area contributed by atoms with Crippen molar-refractivity contribution in [3.8, 4) is 0 Å². The van der Waals surface area contributed by atoms with E-state index in [2.05, 4.69) is 45.4 Å². The standard InChI is InChI=1S/C41H79N11O11/c1-24(2)13-10-8-6-5-7-9-11-15-34(58)49-21-31(55)27(19-33(44)57)29(14-12-18-47-41(45)46)48-22-32(56)36(52-37(59)28(43)23-53)39(61)51-35(25(3)4)38(60)50-30(40(62)63)17-16-26(54)20-42/h24-30,32,35-36,48,53-54,56H,5-23,42-43H2,1-4H3,(H2,44,57)(H,49,58)(H,50,60)(H,51,61)(H,52,59)(H,62,63)(H4,45,46,47)/t26?,27-,28+,29+,30+,32+,35+,36+/m1/s1. The van der Waals surface area contributed by atoms with Crippen molar-refractivity contribution in [2.75, 3.05) is 32.8 Å². The molecule has 0 aromatic carbocycles. The van der Waals surface area contributed by atoms with Gasteiger partial charge in [-0.3, -0.25) is 33.8 Å². The number of carboxylic acids is 1. The molecule has 63 heavy (non-hydrogen) atoms. The summed E-state index contributed by atoms with van der Waals surface area (Å²) in [4.78, 5) is 94.5. The van der Waals surface area contributed by atoms with Crippen LogP contribution in [0, 0.1) is 17.8 Å². The first-order valence-electron chi connectivity index (χ1n) is 22.1. The summed E-state index contributed by atoms with van der Waals surface area (Å²) in [5.74, 6) is -7.47. The van der Waals surface area contributed by atoms with Gasteiger partial charge < -0.3 is 75.7 Å². The van der Waals surface area contributed by atoms with E-state index >= 15 is 0 Å². The average Bonchev–Trinajstić information content (AvgIpc) is 3.22. The summed E-state index contributed by atoms with van der Waals surface area (Å²) >= 11 is 0. The summed E-state index contributed by atoms with van der Waals surface area (Å²) < 4.78 is 0. The van der Waals surface area contributed by atoms with E-state index in [0.29, 0.717) is 12.3 Å². The number of primary amides is 1. The number of nitrogens with zero attached hydrogens (tertiary/aromatic N) is 1. The Morgan fingerprint density at radius 2 is 1.30 bits per heavy atom. The van der Waals surface area contributed by atoms with Gasteiger partial charge in [-0.15, -0.1) is 0 Å². The molecule has 0 heterocycles. The second kappa shape index (κ2) is 33.1. The molecule has 0 rings (SSSR count). The third-order valence-corrected chi connectivity index (χ3v) is 10.4. The number of aliphatic imine (C=N–C) groups is 1. The predicted molar refractivity (Wildman–Crippen MR) is 237 cm³/mol. The van der Waals surface area contributed by atoms with Gasteiger partial charge in [0.25, 0.3) is 0 Å². The Balaban J connectivity index is 6.15. The zero-order chi connectivity index (χ0) is 48.1. The maximum atomic E-state index is 13.8. The van der Waals surface area contributed by atoms with Gasteiger partial charge >= 0.3 is 5.97 Å². The summed E-state index contributed by atoms with van der Waals surface area (Å²) in [6.45, 7) is 5.73. The van der Waals surface area contributed by atoms with Crippen LogP contribution < -0.4 is 55.3 Å². The number of ketones is 1. The Bertz CT molecular complexity index is 1430. The monoisotopic (exact) mass is 902 g/mol. The Kier molecular flexibility index (Phi) is 30.7. The number of nitrogens with two attached hydrogens (primary N) is 5. The third-order valence-electron chi connectivity index (χ3n) is 10.4. The van der Waals surface area contributed by atoms with Crippen LogP contribution in [0.5, 0.6) is 0 Å². The lowest BCUT2D eigenvalue weighted by molar-refractivity contribution is -0.143. The summed E-state index contributed by atoms with van der Waals surface area (Å²) in [5, 5.41) is 53.1. The number of unbranched alkanes of at least 4 members (excludes halogenated alkanes) is 6. The molecule has 0 saturated heterocycles. The van der Waals surface area contributed by atoms with Crippen molar-refractivity contribution in [3.05, 3.63) is 0 Å². The number of guanidine groups is 1. The van der Waals surface area contributed by atoms with Crippen LogP contribution in [0.25, 0.3) is 0 Å². The third kappa shape index (κ3) is 26.7. The predicted octanol–water partition coefficient (Wildman–Crippen LogP) is -2.68. The zero-order valence-corrected chi connectivity index (χ0v) is 37.7. The van der Waals surface area contributed by atoms with E-state index in [1.165, 1.54) is 19.3 Å². The van der Waals surface area contributed by atoms with Crippen LogP contribution >= 0.6 is 0 Å². The molecule has 0 aromatic heterocycles. The number of rotatable bonds is 37. The molecule has 364 valence electrons. The molecule has 22 heteroatoms. The smallest absolute Gasteiger partial charge is 0.326 e. The number of nitrogens with one attached hydrogen (secondary N) is 5. The van der Waals surface area contributed by atoms with Gasteiger partial charge in [0, 0.05) is 44.4 Å². The van der Waals surface area contributed by atoms with Crippen LogP contribution in [-0.4, -0.2) is 143 Å². The van der Waals surface area contributed by atoms with Gasteiger partial charge in [-0.05, 0) is 43.9 Å². The maximum Gasteiger partial charge on any atom is 0.326 e. The van der Waals surface area contributed by atoms with E-state index in [0.717, 1.165) is 25.7 Å². The number of Topliss-reactive ketones (excluding diaryl/α,β-unsaturated/α-hetero) is 1. The molecule has 0 aromatic rings. The fourth-order valence-electron chi connectivity index (χ4n) is 6.63. The molecule has 0 saturated carbocycles. The second-order valence-electron chi connectivity index (χ2n) is 16.8. The molecule has 0 aliphatic rings. The summed E-state index contributed by atoms with van der Waals surface area (Å²) in [6, 6.07) is -7.15. The second-order valence-corrected chi connectivity index (χ2v) is 16.8. The van der Waals surface area contributed by atoms with Crippen molar-refractivity contribution in [1.29, 1.82) is 0 Å². The molecule has 0 spiro atoms. The molecule has 8 atom stereocenters. The molecule has 0 aliphatic carbocycles. The van der Waals surface area contributed by atoms with Crippen LogP contribution in [0.4, 0.5) is 0 Å². The number of carboxylic acid groups (broad SMARTS) is 1. The number of hydrogen-bond acceptors (Lipinski definition) is 14. The number of carbonyl (C=O) groups is 7. The van der Waals surface area contributed by atoms with Gasteiger partial charge in [-0.25, -0.2) is 4.79 Å². The lowest BCUT2D eigenvalue weighted by Gasteiger charge is -2.31. The molecule has 0 aliphatic heterocycles. The van der Waals surface area contributed by atoms with Gasteiger partial charge in [0.05, 0.1) is 25.4 Å². The van der Waals surface area contributed by atoms with Gasteiger partial charge in [-0.1, -0.05) is 72.6 Å². The summed E-state index contributed by atoms with van der Waals surface area (Å²) in [7, 11) is 0. The Morgan fingerprint density at radius 1 is 0.714 bits per heavy atom. The fourth-order valence-corrected chi connectivity index (χ4v) is 6.63. The van der Waals surface area contributed by atoms with Crippen LogP contribution in [0.2, 0.25) is 0 Å². The lowest BCUT2D eigenvalue weighted by Crippen LogP contribution is -2.63. The van der Waals surface area contributed by atoms with E-state index in [1.54, 1.807) is 13.8 Å². The van der Waals surface area contributed by atoms with Crippen LogP contribution in [0.3, 0.4) is 0 Å². The highest BCUT2D eigenvalue weighted by Gasteiger charge is 2.36. The van der Waals surface area contributed by atoms with Gasteiger partial charge in [0.15, 0.2) is 11.7 Å². The molecule has 0 bridgehead atoms. The van der Waals surface area contributed by atoms with Crippen molar-refractivity contribution in [2.45, 2.75) is 160 Å². The minimum atomic E-state index is -1.84. The highest BCUT2D eigenvalue weighted by molar-refractivity contribution is 5.95. The van der Waals surface area contributed by atoms with E-state index in [-0.39, 0.29) is 57.1 Å². The quantitative estimate of drug-likeness (QED) is 0.0172. The Labute approximate surface area is 371 Å². The summed E-state index contributed by atoms with van der Waals surface area (Å²) in [6.07, 6.45) is 5.42. The fraction of sp³-hybridized carbons (Fsp3) is 0.805. The number of carbonyl (C=O) groups excluding carboxylic acids is 6. The van der Waals surface area contributed by atoms with Crippen LogP contribution in [0.15, 0.2) is 4.99 Å². The molecule has 0 fully saturated rings. The Morgan fingerprint density at radius 3 is 1.84 bits per heavy atom. The van der Waals surface area contributed by atoms with Crippen molar-refractivity contribution in [2.24, 2.45) is 51.4 Å². The topological polar surface area (TPSA) is 403 Å². The first-order valence-corrected chi connectivity index (χ1v) is 22.1. The van der Waals surface area contributed by atoms with E-state index in [4.69, 9.17) is 28.7 Å². The molecule has 5 amide bonds. The largest absolute Gasteiger partial charge is 0.480 e. The van der Waals surface area contributed by atoms with Gasteiger partial charge in [0.2, 0.25) is 29.5 Å². The van der Waals surface area contributed by atoms with E-state index in [1.807, 2.05) is 0 Å². The highest BCUT2D eigenvalue weighted by atomic mass is 16.4. The van der Waals surface area contributed by atoms with E-state index < -0.39 is 116 Å². The van der Waals surface area contributed by atoms with Crippen LogP contribution in [-0.2, 0) is 33.6 Å². The normalized spacial score (nSPS) is 15.2. The molecule has 19 N–H and O–H groups in total. The number of aliphatic hydroxyl groups excluding tert-OH is 3. The lowest BCUT2D eigenvalue weighted by atomic mass is 9.87. The summed E-state index contributed by atoms with van der Waals surface area (Å²) in [5.41, 5.74) is 27.6. The minimum Gasteiger partial charge on any atom is -0.480 e. The van der Waals surface area contributed by atoms with Crippen molar-refractivity contribution < 1.29 is 54.0 Å². The Hall–Kier alpha value is -4.48. The average molecular weight is 902 g/mol. The molecular weight excluding hydrogens is 823 g/mol. The first kappa shape index (κ1) is 58.5. The zero-order valence-electron chi connectivity index (χ0n) is 37.7. The van der Waals surface area contributed by atoms with Crippen molar-refractivity contribution in [3.63, 3.8) is 0 Å². The molecular formula is C41H79N11O11. The number of hydrogen-bond donors (Lipinski definition) is 14. The van der Waals surface area contributed by atoms with Gasteiger partial charge in [-0.2, -0.15) is 0 Å². The number of aliphatic hydroxyl groups is 3. The number of amides is 5. The number of aliphatic carboxylic acids is 1. The van der Waals surface area contributed by atoms with E-state index in [9.17, 15) is 54.0 Å². The van der Waals surface area contributed by atoms with Gasteiger partial charge in [0.1, 0.15) is 24.2 Å². The molecule has 0 radical (unpaired) electrons. The van der Waals surface area contributed by atoms with Crippen LogP contribution in [0.1, 0.15) is 118 Å². The highest BCUT2D eigenvalue weighted by Crippen LogP contribution is 2.17. The minimum absolute atomic E-state index is 0.0420. The van der Waals surface area contributed by atoms with Crippen molar-refractivity contribution >= 4 is 47.2 Å². The first-order chi connectivity index (χ1) is 29.6.